The van der Waals surface area contributed by atoms with Gasteiger partial charge in [0.15, 0.2) is 0 Å². The Kier molecular flexibility index (Phi) is 5.06. The predicted molar refractivity (Wildman–Crippen MR) is 70.8 cm³/mol. The molecular formula is C14H19NO4. The van der Waals surface area contributed by atoms with Gasteiger partial charge in [-0.3, -0.25) is 4.79 Å². The van der Waals surface area contributed by atoms with Crippen LogP contribution in [0.3, 0.4) is 0 Å². The number of nitrogens with two attached hydrogens (primary N) is 1. The number of hydrogen-bond acceptors (Lipinski definition) is 4. The molecule has 5 heteroatoms. The second-order valence-corrected chi connectivity index (χ2v) is 4.38. The number of hydrogen-bond donors (Lipinski definition) is 2. The summed E-state index contributed by atoms with van der Waals surface area (Å²) in [7, 11) is 0. The maximum absolute atomic E-state index is 11.4. The van der Waals surface area contributed by atoms with Crippen molar-refractivity contribution in [1.29, 1.82) is 0 Å². The van der Waals surface area contributed by atoms with Gasteiger partial charge in [-0.1, -0.05) is 26.0 Å². The van der Waals surface area contributed by atoms with E-state index in [1.54, 1.807) is 25.1 Å². The standard InChI is InChI=1S/C14H19NO4/c1-3-6-12(16)19-11-8-5-7-10(9-11)14(15,4-2)13(17)18/h5,7-9H,3-4,6,15H2,1-2H3,(H,17,18). The van der Waals surface area contributed by atoms with Crippen molar-refractivity contribution in [2.75, 3.05) is 0 Å². The van der Waals surface area contributed by atoms with E-state index in [-0.39, 0.29) is 12.4 Å². The van der Waals surface area contributed by atoms with E-state index in [2.05, 4.69) is 0 Å². The van der Waals surface area contributed by atoms with E-state index >= 15 is 0 Å². The summed E-state index contributed by atoms with van der Waals surface area (Å²) in [5, 5.41) is 9.21. The zero-order valence-electron chi connectivity index (χ0n) is 11.2. The summed E-state index contributed by atoms with van der Waals surface area (Å²) in [6.07, 6.45) is 1.27. The minimum absolute atomic E-state index is 0.245. The maximum atomic E-state index is 11.4. The van der Waals surface area contributed by atoms with E-state index in [9.17, 15) is 14.7 Å². The normalized spacial score (nSPS) is 13.6. The molecule has 0 saturated heterocycles. The summed E-state index contributed by atoms with van der Waals surface area (Å²) in [6, 6.07) is 6.36. The fourth-order valence-corrected chi connectivity index (χ4v) is 1.70. The van der Waals surface area contributed by atoms with E-state index in [0.717, 1.165) is 0 Å². The van der Waals surface area contributed by atoms with Crippen LogP contribution >= 0.6 is 0 Å². The van der Waals surface area contributed by atoms with Crippen molar-refractivity contribution in [3.05, 3.63) is 29.8 Å². The fourth-order valence-electron chi connectivity index (χ4n) is 1.70. The van der Waals surface area contributed by atoms with Crippen LogP contribution in [0.25, 0.3) is 0 Å². The molecule has 1 aromatic carbocycles. The first-order valence-corrected chi connectivity index (χ1v) is 6.27. The number of benzene rings is 1. The van der Waals surface area contributed by atoms with Gasteiger partial charge >= 0.3 is 11.9 Å². The number of rotatable bonds is 6. The van der Waals surface area contributed by atoms with Gasteiger partial charge in [-0.05, 0) is 30.5 Å². The minimum Gasteiger partial charge on any atom is -0.480 e. The lowest BCUT2D eigenvalue weighted by atomic mass is 9.88. The lowest BCUT2D eigenvalue weighted by Gasteiger charge is -2.23. The van der Waals surface area contributed by atoms with Gasteiger partial charge in [-0.2, -0.15) is 0 Å². The van der Waals surface area contributed by atoms with Crippen LogP contribution in [0.5, 0.6) is 5.75 Å². The number of carboxylic acid groups (broad SMARTS) is 1. The molecule has 0 aliphatic heterocycles. The summed E-state index contributed by atoms with van der Waals surface area (Å²) in [4.78, 5) is 22.7. The third-order valence-electron chi connectivity index (χ3n) is 2.97. The highest BCUT2D eigenvalue weighted by Crippen LogP contribution is 2.26. The molecule has 1 aromatic rings. The van der Waals surface area contributed by atoms with Crippen molar-refractivity contribution < 1.29 is 19.4 Å². The van der Waals surface area contributed by atoms with Gasteiger partial charge in [0.2, 0.25) is 0 Å². The van der Waals surface area contributed by atoms with Gasteiger partial charge in [0.1, 0.15) is 11.3 Å². The Morgan fingerprint density at radius 1 is 1.37 bits per heavy atom. The predicted octanol–water partition coefficient (Wildman–Crippen LogP) is 2.04. The topological polar surface area (TPSA) is 89.6 Å². The molecule has 5 nitrogen and oxygen atoms in total. The van der Waals surface area contributed by atoms with E-state index in [1.165, 1.54) is 6.07 Å². The monoisotopic (exact) mass is 265 g/mol. The molecule has 0 spiro atoms. The van der Waals surface area contributed by atoms with Gasteiger partial charge in [0.25, 0.3) is 0 Å². The summed E-state index contributed by atoms with van der Waals surface area (Å²) in [5.74, 6) is -1.12. The highest BCUT2D eigenvalue weighted by Gasteiger charge is 2.34. The molecule has 0 heterocycles. The average molecular weight is 265 g/mol. The molecule has 104 valence electrons. The molecule has 1 rings (SSSR count). The minimum atomic E-state index is -1.47. The third kappa shape index (κ3) is 3.54. The molecule has 3 N–H and O–H groups in total. The Labute approximate surface area is 112 Å². The van der Waals surface area contributed by atoms with Crippen molar-refractivity contribution in [3.8, 4) is 5.75 Å². The van der Waals surface area contributed by atoms with E-state index in [1.807, 2.05) is 6.92 Å². The van der Waals surface area contributed by atoms with Crippen LogP contribution in [-0.4, -0.2) is 17.0 Å². The second-order valence-electron chi connectivity index (χ2n) is 4.38. The van der Waals surface area contributed by atoms with E-state index in [0.29, 0.717) is 24.2 Å². The van der Waals surface area contributed by atoms with Crippen molar-refractivity contribution in [2.45, 2.75) is 38.6 Å². The largest absolute Gasteiger partial charge is 0.480 e. The molecule has 0 aliphatic rings. The second kappa shape index (κ2) is 6.33. The van der Waals surface area contributed by atoms with Crippen LogP contribution in [0, 0.1) is 0 Å². The zero-order chi connectivity index (χ0) is 14.5. The van der Waals surface area contributed by atoms with Crippen LogP contribution in [0.2, 0.25) is 0 Å². The average Bonchev–Trinajstić information content (AvgIpc) is 2.38. The lowest BCUT2D eigenvalue weighted by Crippen LogP contribution is -2.44. The number of esters is 1. The molecule has 0 amide bonds. The molecule has 19 heavy (non-hydrogen) atoms. The molecule has 0 radical (unpaired) electrons. The Bertz CT molecular complexity index is 472. The van der Waals surface area contributed by atoms with Crippen molar-refractivity contribution in [3.63, 3.8) is 0 Å². The Hall–Kier alpha value is -1.88. The lowest BCUT2D eigenvalue weighted by molar-refractivity contribution is -0.143. The summed E-state index contributed by atoms with van der Waals surface area (Å²) in [6.45, 7) is 3.58. The van der Waals surface area contributed by atoms with Crippen molar-refractivity contribution in [2.24, 2.45) is 5.73 Å². The molecule has 0 saturated carbocycles. The molecule has 1 unspecified atom stereocenters. The first-order valence-electron chi connectivity index (χ1n) is 6.27. The molecule has 1 atom stereocenters. The summed E-state index contributed by atoms with van der Waals surface area (Å²) < 4.78 is 5.13. The Balaban J connectivity index is 3.00. The third-order valence-corrected chi connectivity index (χ3v) is 2.97. The van der Waals surface area contributed by atoms with Crippen LogP contribution in [0.1, 0.15) is 38.7 Å². The number of carboxylic acids is 1. The van der Waals surface area contributed by atoms with Crippen LogP contribution in [0.15, 0.2) is 24.3 Å². The first-order chi connectivity index (χ1) is 8.93. The van der Waals surface area contributed by atoms with Crippen molar-refractivity contribution in [1.82, 2.24) is 0 Å². The Morgan fingerprint density at radius 3 is 2.58 bits per heavy atom. The molecule has 0 fully saturated rings. The Morgan fingerprint density at radius 2 is 2.05 bits per heavy atom. The highest BCUT2D eigenvalue weighted by atomic mass is 16.5. The van der Waals surface area contributed by atoms with Crippen LogP contribution in [0.4, 0.5) is 0 Å². The van der Waals surface area contributed by atoms with E-state index in [4.69, 9.17) is 10.5 Å². The van der Waals surface area contributed by atoms with Gasteiger partial charge in [0, 0.05) is 6.42 Å². The van der Waals surface area contributed by atoms with Gasteiger partial charge in [-0.15, -0.1) is 0 Å². The summed E-state index contributed by atoms with van der Waals surface area (Å²) in [5.41, 5.74) is 4.84. The van der Waals surface area contributed by atoms with E-state index < -0.39 is 11.5 Å². The van der Waals surface area contributed by atoms with Crippen LogP contribution in [-0.2, 0) is 15.1 Å². The van der Waals surface area contributed by atoms with Gasteiger partial charge in [0.05, 0.1) is 0 Å². The SMILES string of the molecule is CCCC(=O)Oc1cccc(C(N)(CC)C(=O)O)c1. The maximum Gasteiger partial charge on any atom is 0.328 e. The smallest absolute Gasteiger partial charge is 0.328 e. The van der Waals surface area contributed by atoms with Crippen molar-refractivity contribution >= 4 is 11.9 Å². The number of ether oxygens (including phenoxy) is 1. The van der Waals surface area contributed by atoms with Gasteiger partial charge < -0.3 is 15.6 Å². The molecule has 0 aromatic heterocycles. The number of carbonyl (C=O) groups excluding carboxylic acids is 1. The first kappa shape index (κ1) is 15.2. The molecular weight excluding hydrogens is 246 g/mol. The van der Waals surface area contributed by atoms with Gasteiger partial charge in [-0.25, -0.2) is 4.79 Å². The summed E-state index contributed by atoms with van der Waals surface area (Å²) >= 11 is 0. The zero-order valence-corrected chi connectivity index (χ0v) is 11.2. The quantitative estimate of drug-likeness (QED) is 0.607. The van der Waals surface area contributed by atoms with Crippen LogP contribution < -0.4 is 10.5 Å². The molecule has 0 bridgehead atoms. The fraction of sp³-hybridized carbons (Fsp3) is 0.429. The molecule has 0 aliphatic carbocycles. The number of aliphatic carboxylic acids is 1. The number of carbonyl (C=O) groups is 2. The highest BCUT2D eigenvalue weighted by molar-refractivity contribution is 5.80.